The first-order valence-corrected chi connectivity index (χ1v) is 7.52. The molecule has 1 aromatic carbocycles. The molecule has 0 bridgehead atoms. The quantitative estimate of drug-likeness (QED) is 0.927. The molecule has 7 heteroatoms. The van der Waals surface area contributed by atoms with Gasteiger partial charge in [0.05, 0.1) is 16.9 Å². The van der Waals surface area contributed by atoms with Crippen LogP contribution in [0.3, 0.4) is 0 Å². The Morgan fingerprint density at radius 3 is 2.67 bits per heavy atom. The van der Waals surface area contributed by atoms with E-state index in [1.165, 1.54) is 18.3 Å². The van der Waals surface area contributed by atoms with Crippen LogP contribution in [-0.2, 0) is 10.0 Å². The number of nitrogens with one attached hydrogen (secondary N) is 1. The van der Waals surface area contributed by atoms with Crippen molar-refractivity contribution in [3.05, 3.63) is 52.2 Å². The van der Waals surface area contributed by atoms with Crippen molar-refractivity contribution in [2.45, 2.75) is 4.90 Å². The first-order valence-electron chi connectivity index (χ1n) is 4.87. The zero-order valence-electron chi connectivity index (χ0n) is 8.97. The second-order valence-electron chi connectivity index (χ2n) is 3.42. The van der Waals surface area contributed by atoms with E-state index in [0.717, 1.165) is 0 Å². The second-order valence-corrected chi connectivity index (χ2v) is 6.40. The molecule has 0 aliphatic carbocycles. The van der Waals surface area contributed by atoms with Crippen molar-refractivity contribution < 1.29 is 8.42 Å². The molecule has 1 N–H and O–H groups in total. The minimum Gasteiger partial charge on any atom is -0.278 e. The molecule has 1 heterocycles. The summed E-state index contributed by atoms with van der Waals surface area (Å²) in [7, 11) is -3.70. The zero-order chi connectivity index (χ0) is 13.2. The number of hydrogen-bond acceptors (Lipinski definition) is 3. The summed E-state index contributed by atoms with van der Waals surface area (Å²) < 4.78 is 27.3. The van der Waals surface area contributed by atoms with Crippen LogP contribution >= 0.6 is 27.5 Å². The van der Waals surface area contributed by atoms with Crippen molar-refractivity contribution in [3.63, 3.8) is 0 Å². The maximum Gasteiger partial charge on any atom is 0.263 e. The number of sulfonamides is 1. The van der Waals surface area contributed by atoms with Crippen LogP contribution in [0.2, 0.25) is 5.02 Å². The van der Waals surface area contributed by atoms with E-state index in [0.29, 0.717) is 10.2 Å². The molecule has 2 rings (SSSR count). The number of pyridine rings is 1. The molecule has 0 aliphatic heterocycles. The van der Waals surface area contributed by atoms with Gasteiger partial charge >= 0.3 is 0 Å². The van der Waals surface area contributed by atoms with Gasteiger partial charge in [-0.3, -0.25) is 9.71 Å². The standard InChI is InChI=1S/C11H8BrClN2O2S/c12-8-3-4-11(10(13)6-8)18(16,17)15-9-2-1-5-14-7-9/h1-7,15H. The fraction of sp³-hybridized carbons (Fsp3) is 0. The third-order valence-electron chi connectivity index (χ3n) is 2.10. The number of benzene rings is 1. The van der Waals surface area contributed by atoms with Gasteiger partial charge in [-0.2, -0.15) is 0 Å². The zero-order valence-corrected chi connectivity index (χ0v) is 12.1. The third kappa shape index (κ3) is 3.01. The van der Waals surface area contributed by atoms with E-state index in [2.05, 4.69) is 25.6 Å². The molecule has 18 heavy (non-hydrogen) atoms. The highest BCUT2D eigenvalue weighted by Crippen LogP contribution is 2.26. The van der Waals surface area contributed by atoms with Gasteiger partial charge in [0.25, 0.3) is 10.0 Å². The Bertz CT molecular complexity index is 662. The molecule has 1 aromatic heterocycles. The van der Waals surface area contributed by atoms with E-state index in [1.54, 1.807) is 24.4 Å². The lowest BCUT2D eigenvalue weighted by atomic mass is 10.4. The molecular weight excluding hydrogens is 340 g/mol. The van der Waals surface area contributed by atoms with Gasteiger partial charge in [-0.15, -0.1) is 0 Å². The number of anilines is 1. The van der Waals surface area contributed by atoms with Crippen molar-refractivity contribution >= 4 is 43.2 Å². The predicted molar refractivity (Wildman–Crippen MR) is 74.2 cm³/mol. The lowest BCUT2D eigenvalue weighted by Gasteiger charge is -2.09. The average Bonchev–Trinajstić information content (AvgIpc) is 2.29. The van der Waals surface area contributed by atoms with Crippen LogP contribution in [0.25, 0.3) is 0 Å². The van der Waals surface area contributed by atoms with Gasteiger partial charge < -0.3 is 0 Å². The van der Waals surface area contributed by atoms with E-state index >= 15 is 0 Å². The Kier molecular flexibility index (Phi) is 3.89. The highest BCUT2D eigenvalue weighted by molar-refractivity contribution is 9.10. The van der Waals surface area contributed by atoms with Crippen LogP contribution in [0.15, 0.2) is 52.1 Å². The van der Waals surface area contributed by atoms with Crippen molar-refractivity contribution in [1.82, 2.24) is 4.98 Å². The molecule has 0 fully saturated rings. The SMILES string of the molecule is O=S(=O)(Nc1cccnc1)c1ccc(Br)cc1Cl. The molecule has 0 atom stereocenters. The minimum absolute atomic E-state index is 0.0243. The molecule has 2 aromatic rings. The van der Waals surface area contributed by atoms with Crippen LogP contribution in [0.5, 0.6) is 0 Å². The normalized spacial score (nSPS) is 11.2. The van der Waals surface area contributed by atoms with E-state index < -0.39 is 10.0 Å². The van der Waals surface area contributed by atoms with Crippen LogP contribution in [0, 0.1) is 0 Å². The molecule has 0 saturated heterocycles. The van der Waals surface area contributed by atoms with Crippen LogP contribution < -0.4 is 4.72 Å². The average molecular weight is 348 g/mol. The Balaban J connectivity index is 2.37. The van der Waals surface area contributed by atoms with Gasteiger partial charge in [0.15, 0.2) is 0 Å². The first-order chi connectivity index (χ1) is 8.49. The Morgan fingerprint density at radius 2 is 2.06 bits per heavy atom. The summed E-state index contributed by atoms with van der Waals surface area (Å²) in [6, 6.07) is 7.83. The molecule has 94 valence electrons. The van der Waals surface area contributed by atoms with Crippen LogP contribution in [-0.4, -0.2) is 13.4 Å². The lowest BCUT2D eigenvalue weighted by molar-refractivity contribution is 0.601. The monoisotopic (exact) mass is 346 g/mol. The summed E-state index contributed by atoms with van der Waals surface area (Å²) >= 11 is 9.14. The summed E-state index contributed by atoms with van der Waals surface area (Å²) in [5.74, 6) is 0. The number of nitrogens with zero attached hydrogens (tertiary/aromatic N) is 1. The summed E-state index contributed by atoms with van der Waals surface area (Å²) in [4.78, 5) is 3.86. The van der Waals surface area contributed by atoms with Crippen molar-refractivity contribution in [3.8, 4) is 0 Å². The number of hydrogen-bond donors (Lipinski definition) is 1. The molecule has 4 nitrogen and oxygen atoms in total. The maximum atomic E-state index is 12.1. The predicted octanol–water partition coefficient (Wildman–Crippen LogP) is 3.30. The molecule has 0 amide bonds. The first kappa shape index (κ1) is 13.3. The van der Waals surface area contributed by atoms with Crippen molar-refractivity contribution in [2.24, 2.45) is 0 Å². The molecule has 0 saturated carbocycles. The van der Waals surface area contributed by atoms with Gasteiger partial charge in [0.1, 0.15) is 4.90 Å². The molecule has 0 spiro atoms. The highest BCUT2D eigenvalue weighted by Gasteiger charge is 2.18. The van der Waals surface area contributed by atoms with Crippen LogP contribution in [0.4, 0.5) is 5.69 Å². The van der Waals surface area contributed by atoms with E-state index in [-0.39, 0.29) is 9.92 Å². The summed E-state index contributed by atoms with van der Waals surface area (Å²) in [5, 5.41) is 0.153. The third-order valence-corrected chi connectivity index (χ3v) is 4.45. The smallest absolute Gasteiger partial charge is 0.263 e. The summed E-state index contributed by atoms with van der Waals surface area (Å²) in [6.45, 7) is 0. The van der Waals surface area contributed by atoms with Gasteiger partial charge in [-0.1, -0.05) is 27.5 Å². The Labute approximate surface area is 118 Å². The Morgan fingerprint density at radius 1 is 1.28 bits per heavy atom. The number of aromatic nitrogens is 1. The molecule has 0 radical (unpaired) electrons. The molecule has 0 unspecified atom stereocenters. The van der Waals surface area contributed by atoms with E-state index in [1.807, 2.05) is 0 Å². The lowest BCUT2D eigenvalue weighted by Crippen LogP contribution is -2.13. The fourth-order valence-electron chi connectivity index (χ4n) is 1.33. The number of rotatable bonds is 3. The number of halogens is 2. The summed E-state index contributed by atoms with van der Waals surface area (Å²) in [6.07, 6.45) is 2.98. The summed E-state index contributed by atoms with van der Waals surface area (Å²) in [5.41, 5.74) is 0.386. The van der Waals surface area contributed by atoms with Crippen LogP contribution in [0.1, 0.15) is 0 Å². The Hall–Kier alpha value is -1.11. The fourth-order valence-corrected chi connectivity index (χ4v) is 3.41. The van der Waals surface area contributed by atoms with E-state index in [9.17, 15) is 8.42 Å². The highest BCUT2D eigenvalue weighted by atomic mass is 79.9. The molecule has 0 aliphatic rings. The van der Waals surface area contributed by atoms with Gasteiger partial charge in [-0.05, 0) is 30.3 Å². The largest absolute Gasteiger partial charge is 0.278 e. The second kappa shape index (κ2) is 5.26. The van der Waals surface area contributed by atoms with Crippen molar-refractivity contribution in [2.75, 3.05) is 4.72 Å². The van der Waals surface area contributed by atoms with Gasteiger partial charge in [-0.25, -0.2) is 8.42 Å². The van der Waals surface area contributed by atoms with Gasteiger partial charge in [0, 0.05) is 10.7 Å². The minimum atomic E-state index is -3.70. The topological polar surface area (TPSA) is 59.1 Å². The van der Waals surface area contributed by atoms with Gasteiger partial charge in [0.2, 0.25) is 0 Å². The molecular formula is C11H8BrClN2O2S. The maximum absolute atomic E-state index is 12.1. The van der Waals surface area contributed by atoms with Crippen molar-refractivity contribution in [1.29, 1.82) is 0 Å². The van der Waals surface area contributed by atoms with E-state index in [4.69, 9.17) is 11.6 Å².